The van der Waals surface area contributed by atoms with Crippen molar-refractivity contribution in [3.05, 3.63) is 68.9 Å². The summed E-state index contributed by atoms with van der Waals surface area (Å²) in [5.74, 6) is 0.00216. The molecule has 0 fully saturated rings. The van der Waals surface area contributed by atoms with E-state index in [4.69, 9.17) is 21.1 Å². The Bertz CT molecular complexity index is 1140. The van der Waals surface area contributed by atoms with Crippen LogP contribution in [0.15, 0.2) is 47.8 Å². The number of carbonyl (C=O) groups is 2. The Labute approximate surface area is 202 Å². The molecular formula is C25H26ClNO5S. The Morgan fingerprint density at radius 3 is 2.55 bits per heavy atom. The minimum atomic E-state index is -0.955. The van der Waals surface area contributed by atoms with Crippen LogP contribution in [0.5, 0.6) is 11.5 Å². The van der Waals surface area contributed by atoms with Crippen LogP contribution in [-0.2, 0) is 6.54 Å². The fourth-order valence-electron chi connectivity index (χ4n) is 3.15. The molecule has 0 radical (unpaired) electrons. The third-order valence-corrected chi connectivity index (χ3v) is 5.89. The van der Waals surface area contributed by atoms with Gasteiger partial charge in [0.25, 0.3) is 5.91 Å². The van der Waals surface area contributed by atoms with Gasteiger partial charge in [-0.2, -0.15) is 0 Å². The third kappa shape index (κ3) is 6.49. The minimum absolute atomic E-state index is 0.00404. The number of ether oxygens (including phenoxy) is 2. The summed E-state index contributed by atoms with van der Waals surface area (Å²) in [6, 6.07) is 12.2. The first-order valence-electron chi connectivity index (χ1n) is 10.6. The highest BCUT2D eigenvalue weighted by molar-refractivity contribution is 7.12. The lowest BCUT2D eigenvalue weighted by molar-refractivity contribution is 0.0702. The Kier molecular flexibility index (Phi) is 8.36. The molecule has 0 unspecified atom stereocenters. The number of nitrogens with one attached hydrogen (secondary N) is 1. The summed E-state index contributed by atoms with van der Waals surface area (Å²) in [5, 5.41) is 14.2. The molecule has 0 bridgehead atoms. The SMILES string of the molecule is CCCOc1ccc(-c2csc(C(=O)O)c2)cc1CNC(=O)c1ccc(OC(C)C)cc1Cl. The molecule has 0 aliphatic heterocycles. The Hall–Kier alpha value is -3.03. The summed E-state index contributed by atoms with van der Waals surface area (Å²) in [6.45, 7) is 6.62. The van der Waals surface area contributed by atoms with Gasteiger partial charge < -0.3 is 19.9 Å². The fourth-order valence-corrected chi connectivity index (χ4v) is 4.16. The van der Waals surface area contributed by atoms with Crippen molar-refractivity contribution in [3.8, 4) is 22.6 Å². The number of rotatable bonds is 10. The summed E-state index contributed by atoms with van der Waals surface area (Å²) in [4.78, 5) is 24.3. The number of benzene rings is 2. The molecule has 2 N–H and O–H groups in total. The molecule has 0 aliphatic rings. The van der Waals surface area contributed by atoms with Gasteiger partial charge >= 0.3 is 5.97 Å². The van der Waals surface area contributed by atoms with Crippen molar-refractivity contribution >= 4 is 34.8 Å². The molecule has 3 aromatic rings. The molecule has 33 heavy (non-hydrogen) atoms. The number of hydrogen-bond acceptors (Lipinski definition) is 5. The lowest BCUT2D eigenvalue weighted by Crippen LogP contribution is -2.23. The largest absolute Gasteiger partial charge is 0.493 e. The van der Waals surface area contributed by atoms with E-state index in [9.17, 15) is 14.7 Å². The molecule has 2 aromatic carbocycles. The maximum Gasteiger partial charge on any atom is 0.345 e. The average Bonchev–Trinajstić information content (AvgIpc) is 3.26. The summed E-state index contributed by atoms with van der Waals surface area (Å²) in [7, 11) is 0. The maximum atomic E-state index is 12.8. The van der Waals surface area contributed by atoms with Crippen molar-refractivity contribution in [2.24, 2.45) is 0 Å². The molecule has 0 saturated heterocycles. The van der Waals surface area contributed by atoms with E-state index in [1.807, 2.05) is 39.0 Å². The summed E-state index contributed by atoms with van der Waals surface area (Å²) in [5.41, 5.74) is 2.79. The lowest BCUT2D eigenvalue weighted by Gasteiger charge is -2.14. The number of carbonyl (C=O) groups excluding carboxylic acids is 1. The highest BCUT2D eigenvalue weighted by atomic mass is 35.5. The van der Waals surface area contributed by atoms with Gasteiger partial charge in [-0.3, -0.25) is 4.79 Å². The van der Waals surface area contributed by atoms with Crippen molar-refractivity contribution < 1.29 is 24.2 Å². The Morgan fingerprint density at radius 1 is 1.12 bits per heavy atom. The van der Waals surface area contributed by atoms with E-state index in [0.29, 0.717) is 28.7 Å². The topological polar surface area (TPSA) is 84.9 Å². The first-order valence-corrected chi connectivity index (χ1v) is 11.9. The van der Waals surface area contributed by atoms with E-state index in [1.165, 1.54) is 11.3 Å². The van der Waals surface area contributed by atoms with E-state index >= 15 is 0 Å². The van der Waals surface area contributed by atoms with E-state index in [2.05, 4.69) is 5.32 Å². The molecule has 3 rings (SSSR count). The van der Waals surface area contributed by atoms with Gasteiger partial charge in [0, 0.05) is 12.1 Å². The van der Waals surface area contributed by atoms with Gasteiger partial charge in [-0.25, -0.2) is 4.79 Å². The number of carboxylic acids is 1. The second kappa shape index (κ2) is 11.2. The number of hydrogen-bond donors (Lipinski definition) is 2. The molecule has 1 amide bonds. The van der Waals surface area contributed by atoms with Gasteiger partial charge in [-0.15, -0.1) is 11.3 Å². The summed E-state index contributed by atoms with van der Waals surface area (Å²) < 4.78 is 11.5. The highest BCUT2D eigenvalue weighted by Gasteiger charge is 2.15. The molecule has 0 aliphatic carbocycles. The quantitative estimate of drug-likeness (QED) is 0.352. The summed E-state index contributed by atoms with van der Waals surface area (Å²) in [6.07, 6.45) is 0.852. The molecule has 6 nitrogen and oxygen atoms in total. The number of carboxylic acid groups (broad SMARTS) is 1. The van der Waals surface area contributed by atoms with Gasteiger partial charge in [0.2, 0.25) is 0 Å². The molecule has 0 atom stereocenters. The van der Waals surface area contributed by atoms with Gasteiger partial charge in [0.15, 0.2) is 0 Å². The Balaban J connectivity index is 1.80. The van der Waals surface area contributed by atoms with Crippen LogP contribution in [0.1, 0.15) is 52.8 Å². The normalized spacial score (nSPS) is 10.8. The zero-order valence-electron chi connectivity index (χ0n) is 18.7. The molecule has 1 heterocycles. The maximum absolute atomic E-state index is 12.8. The number of halogens is 1. The van der Waals surface area contributed by atoms with Crippen LogP contribution in [0.2, 0.25) is 5.02 Å². The average molecular weight is 488 g/mol. The lowest BCUT2D eigenvalue weighted by atomic mass is 10.0. The second-order valence-electron chi connectivity index (χ2n) is 7.67. The molecule has 174 valence electrons. The van der Waals surface area contributed by atoms with E-state index < -0.39 is 5.97 Å². The van der Waals surface area contributed by atoms with Crippen molar-refractivity contribution in [1.82, 2.24) is 5.32 Å². The van der Waals surface area contributed by atoms with Crippen molar-refractivity contribution in [3.63, 3.8) is 0 Å². The van der Waals surface area contributed by atoms with Crippen LogP contribution >= 0.6 is 22.9 Å². The van der Waals surface area contributed by atoms with Crippen LogP contribution in [0.25, 0.3) is 11.1 Å². The smallest absolute Gasteiger partial charge is 0.345 e. The zero-order chi connectivity index (χ0) is 24.0. The first kappa shape index (κ1) is 24.6. The van der Waals surface area contributed by atoms with Crippen LogP contribution in [0.4, 0.5) is 0 Å². The number of amides is 1. The van der Waals surface area contributed by atoms with Gasteiger partial charge in [-0.05, 0) is 73.2 Å². The second-order valence-corrected chi connectivity index (χ2v) is 8.99. The van der Waals surface area contributed by atoms with Gasteiger partial charge in [0.05, 0.1) is 23.3 Å². The molecule has 1 aromatic heterocycles. The Morgan fingerprint density at radius 2 is 1.91 bits per heavy atom. The van der Waals surface area contributed by atoms with Crippen LogP contribution in [-0.4, -0.2) is 29.7 Å². The molecular weight excluding hydrogens is 462 g/mol. The highest BCUT2D eigenvalue weighted by Crippen LogP contribution is 2.30. The standard InChI is InChI=1S/C25H26ClNO5S/c1-4-9-31-22-8-5-16(18-11-23(25(29)30)33-14-18)10-17(22)13-27-24(28)20-7-6-19(12-21(20)26)32-15(2)3/h5-8,10-12,14-15H,4,9,13H2,1-3H3,(H,27,28)(H,29,30). The molecule has 0 saturated carbocycles. The van der Waals surface area contributed by atoms with Crippen LogP contribution < -0.4 is 14.8 Å². The van der Waals surface area contributed by atoms with E-state index in [0.717, 1.165) is 23.1 Å². The van der Waals surface area contributed by atoms with E-state index in [-0.39, 0.29) is 23.4 Å². The zero-order valence-corrected chi connectivity index (χ0v) is 20.3. The van der Waals surface area contributed by atoms with Gasteiger partial charge in [0.1, 0.15) is 16.4 Å². The van der Waals surface area contributed by atoms with Crippen molar-refractivity contribution in [2.45, 2.75) is 39.8 Å². The predicted molar refractivity (Wildman–Crippen MR) is 131 cm³/mol. The predicted octanol–water partition coefficient (Wildman–Crippen LogP) is 6.27. The van der Waals surface area contributed by atoms with Crippen molar-refractivity contribution in [1.29, 1.82) is 0 Å². The fraction of sp³-hybridized carbons (Fsp3) is 0.280. The molecule has 8 heteroatoms. The van der Waals surface area contributed by atoms with Crippen molar-refractivity contribution in [2.75, 3.05) is 6.61 Å². The van der Waals surface area contributed by atoms with Crippen LogP contribution in [0, 0.1) is 0 Å². The minimum Gasteiger partial charge on any atom is -0.493 e. The first-order chi connectivity index (χ1) is 15.8. The summed E-state index contributed by atoms with van der Waals surface area (Å²) >= 11 is 7.48. The van der Waals surface area contributed by atoms with Crippen LogP contribution in [0.3, 0.4) is 0 Å². The number of thiophene rings is 1. The third-order valence-electron chi connectivity index (χ3n) is 4.66. The van der Waals surface area contributed by atoms with E-state index in [1.54, 1.807) is 29.6 Å². The number of aromatic carboxylic acids is 1. The molecule has 0 spiro atoms. The van der Waals surface area contributed by atoms with Gasteiger partial charge in [-0.1, -0.05) is 24.6 Å². The monoisotopic (exact) mass is 487 g/mol.